The van der Waals surface area contributed by atoms with Crippen LogP contribution in [0.5, 0.6) is 0 Å². The van der Waals surface area contributed by atoms with Crippen molar-refractivity contribution in [3.63, 3.8) is 0 Å². The number of benzene rings is 1. The minimum atomic E-state index is -1.02. The van der Waals surface area contributed by atoms with Gasteiger partial charge in [-0.05, 0) is 25.3 Å². The lowest BCUT2D eigenvalue weighted by Gasteiger charge is -2.07. The van der Waals surface area contributed by atoms with Gasteiger partial charge in [-0.1, -0.05) is 6.07 Å². The van der Waals surface area contributed by atoms with E-state index in [-0.39, 0.29) is 5.56 Å². The van der Waals surface area contributed by atoms with Crippen LogP contribution in [0.25, 0.3) is 5.69 Å². The van der Waals surface area contributed by atoms with Crippen molar-refractivity contribution < 1.29 is 9.90 Å². The fourth-order valence-corrected chi connectivity index (χ4v) is 2.36. The first kappa shape index (κ1) is 13.2. The smallest absolute Gasteiger partial charge is 0.339 e. The Morgan fingerprint density at radius 1 is 1.53 bits per heavy atom. The minimum Gasteiger partial charge on any atom is -0.478 e. The number of carboxylic acids is 1. The third-order valence-electron chi connectivity index (χ3n) is 2.71. The number of aromatic carboxylic acids is 1. The van der Waals surface area contributed by atoms with Gasteiger partial charge in [0.1, 0.15) is 11.6 Å². The highest BCUT2D eigenvalue weighted by Gasteiger charge is 2.15. The van der Waals surface area contributed by atoms with Crippen LogP contribution >= 0.6 is 11.8 Å². The highest BCUT2D eigenvalue weighted by molar-refractivity contribution is 7.98. The number of thioether (sulfide) groups is 1. The number of aryl methyl sites for hydroxylation is 1. The number of aromatic nitrogens is 2. The molecule has 1 N–H and O–H groups in total. The second-order valence-electron chi connectivity index (χ2n) is 3.84. The summed E-state index contributed by atoms with van der Waals surface area (Å²) in [6, 6.07) is 7.56. The van der Waals surface area contributed by atoms with E-state index in [0.717, 1.165) is 4.90 Å². The van der Waals surface area contributed by atoms with E-state index in [2.05, 4.69) is 11.2 Å². The third kappa shape index (κ3) is 2.33. The number of carboxylic acid groups (broad SMARTS) is 1. The van der Waals surface area contributed by atoms with Crippen LogP contribution in [0.1, 0.15) is 21.6 Å². The zero-order chi connectivity index (χ0) is 14.0. The van der Waals surface area contributed by atoms with Crippen molar-refractivity contribution >= 4 is 17.7 Å². The van der Waals surface area contributed by atoms with Gasteiger partial charge in [0, 0.05) is 11.1 Å². The highest BCUT2D eigenvalue weighted by atomic mass is 32.2. The van der Waals surface area contributed by atoms with Crippen molar-refractivity contribution in [2.24, 2.45) is 0 Å². The summed E-state index contributed by atoms with van der Waals surface area (Å²) in [5, 5.41) is 22.4. The van der Waals surface area contributed by atoms with Crippen LogP contribution in [-0.4, -0.2) is 27.1 Å². The SMILES string of the molecule is CSc1cccc(-n2cc(C(=O)O)c(C)n2)c1C#N. The van der Waals surface area contributed by atoms with E-state index >= 15 is 0 Å². The van der Waals surface area contributed by atoms with E-state index in [1.165, 1.54) is 22.6 Å². The monoisotopic (exact) mass is 273 g/mol. The predicted octanol–water partition coefficient (Wildman–Crippen LogP) is 2.47. The maximum atomic E-state index is 11.0. The molecule has 0 amide bonds. The molecule has 0 bridgehead atoms. The Kier molecular flexibility index (Phi) is 3.58. The van der Waals surface area contributed by atoms with Gasteiger partial charge in [0.2, 0.25) is 0 Å². The second kappa shape index (κ2) is 5.16. The van der Waals surface area contributed by atoms with Crippen molar-refractivity contribution in [2.45, 2.75) is 11.8 Å². The maximum Gasteiger partial charge on any atom is 0.339 e. The molecule has 19 heavy (non-hydrogen) atoms. The molecule has 0 unspecified atom stereocenters. The molecule has 0 spiro atoms. The minimum absolute atomic E-state index is 0.137. The molecule has 1 aromatic heterocycles. The van der Waals surface area contributed by atoms with Crippen molar-refractivity contribution in [1.82, 2.24) is 9.78 Å². The van der Waals surface area contributed by atoms with Crippen molar-refractivity contribution in [1.29, 1.82) is 5.26 Å². The third-order valence-corrected chi connectivity index (χ3v) is 3.49. The first-order valence-electron chi connectivity index (χ1n) is 5.45. The molecule has 0 fully saturated rings. The summed E-state index contributed by atoms with van der Waals surface area (Å²) in [6.45, 7) is 1.63. The summed E-state index contributed by atoms with van der Waals surface area (Å²) < 4.78 is 1.44. The Morgan fingerprint density at radius 2 is 2.26 bits per heavy atom. The Bertz CT molecular complexity index is 686. The second-order valence-corrected chi connectivity index (χ2v) is 4.69. The van der Waals surface area contributed by atoms with Gasteiger partial charge in [0.15, 0.2) is 0 Å². The summed E-state index contributed by atoms with van der Waals surface area (Å²) in [6.07, 6.45) is 3.31. The van der Waals surface area contributed by atoms with Crippen molar-refractivity contribution in [3.8, 4) is 11.8 Å². The van der Waals surface area contributed by atoms with Gasteiger partial charge in [0.25, 0.3) is 0 Å². The van der Waals surface area contributed by atoms with E-state index in [1.807, 2.05) is 18.4 Å². The van der Waals surface area contributed by atoms with Crippen LogP contribution in [0.15, 0.2) is 29.3 Å². The Hall–Kier alpha value is -2.26. The summed E-state index contributed by atoms with van der Waals surface area (Å²) in [4.78, 5) is 11.9. The Labute approximate surface area is 114 Å². The number of hydrogen-bond acceptors (Lipinski definition) is 4. The normalized spacial score (nSPS) is 10.2. The summed E-state index contributed by atoms with van der Waals surface area (Å²) >= 11 is 1.47. The number of nitrogens with zero attached hydrogens (tertiary/aromatic N) is 3. The van der Waals surface area contributed by atoms with Crippen LogP contribution in [0.3, 0.4) is 0 Å². The molecule has 0 saturated carbocycles. The van der Waals surface area contributed by atoms with Crippen LogP contribution in [0.4, 0.5) is 0 Å². The average molecular weight is 273 g/mol. The quantitative estimate of drug-likeness (QED) is 0.869. The molecule has 0 aliphatic heterocycles. The Morgan fingerprint density at radius 3 is 2.79 bits per heavy atom. The van der Waals surface area contributed by atoms with E-state index < -0.39 is 5.97 Å². The van der Waals surface area contributed by atoms with Crippen LogP contribution < -0.4 is 0 Å². The molecular weight excluding hydrogens is 262 g/mol. The molecule has 1 aromatic carbocycles. The summed E-state index contributed by atoms with van der Waals surface area (Å²) in [7, 11) is 0. The fourth-order valence-electron chi connectivity index (χ4n) is 1.79. The molecule has 96 valence electrons. The summed E-state index contributed by atoms with van der Waals surface area (Å²) in [5.41, 5.74) is 1.64. The zero-order valence-corrected chi connectivity index (χ0v) is 11.2. The first-order valence-corrected chi connectivity index (χ1v) is 6.68. The molecule has 0 aliphatic carbocycles. The van der Waals surface area contributed by atoms with Crippen LogP contribution in [-0.2, 0) is 0 Å². The van der Waals surface area contributed by atoms with Gasteiger partial charge < -0.3 is 5.11 Å². The number of nitriles is 1. The first-order chi connectivity index (χ1) is 9.08. The molecule has 2 rings (SSSR count). The number of hydrogen-bond donors (Lipinski definition) is 1. The fraction of sp³-hybridized carbons (Fsp3) is 0.154. The number of rotatable bonds is 3. The standard InChI is InChI=1S/C13H11N3O2S/c1-8-10(13(17)18)7-16(15-8)11-4-3-5-12(19-2)9(11)6-14/h3-5,7H,1-2H3,(H,17,18). The van der Waals surface area contributed by atoms with Crippen LogP contribution in [0.2, 0.25) is 0 Å². The lowest BCUT2D eigenvalue weighted by atomic mass is 10.2. The molecule has 0 radical (unpaired) electrons. The topological polar surface area (TPSA) is 78.9 Å². The Balaban J connectivity index is 2.63. The van der Waals surface area contributed by atoms with E-state index in [1.54, 1.807) is 13.0 Å². The molecule has 0 saturated heterocycles. The molecular formula is C13H11N3O2S. The van der Waals surface area contributed by atoms with E-state index in [0.29, 0.717) is 16.9 Å². The lowest BCUT2D eigenvalue weighted by Crippen LogP contribution is -1.99. The predicted molar refractivity (Wildman–Crippen MR) is 71.8 cm³/mol. The highest BCUT2D eigenvalue weighted by Crippen LogP contribution is 2.25. The summed E-state index contributed by atoms with van der Waals surface area (Å²) in [5.74, 6) is -1.02. The van der Waals surface area contributed by atoms with Crippen molar-refractivity contribution in [3.05, 3.63) is 41.2 Å². The maximum absolute atomic E-state index is 11.0. The molecule has 0 atom stereocenters. The van der Waals surface area contributed by atoms with Crippen LogP contribution in [0, 0.1) is 18.3 Å². The van der Waals surface area contributed by atoms with Gasteiger partial charge in [-0.3, -0.25) is 0 Å². The zero-order valence-electron chi connectivity index (χ0n) is 10.4. The van der Waals surface area contributed by atoms with E-state index in [4.69, 9.17) is 5.11 Å². The van der Waals surface area contributed by atoms with Gasteiger partial charge in [-0.2, -0.15) is 10.4 Å². The number of carbonyl (C=O) groups is 1. The van der Waals surface area contributed by atoms with Gasteiger partial charge in [-0.25, -0.2) is 9.48 Å². The lowest BCUT2D eigenvalue weighted by molar-refractivity contribution is 0.0696. The molecule has 5 nitrogen and oxygen atoms in total. The van der Waals surface area contributed by atoms with Gasteiger partial charge >= 0.3 is 5.97 Å². The van der Waals surface area contributed by atoms with Gasteiger partial charge in [-0.15, -0.1) is 11.8 Å². The van der Waals surface area contributed by atoms with E-state index in [9.17, 15) is 10.1 Å². The van der Waals surface area contributed by atoms with Crippen molar-refractivity contribution in [2.75, 3.05) is 6.26 Å². The molecule has 6 heteroatoms. The average Bonchev–Trinajstić information content (AvgIpc) is 2.79. The molecule has 1 heterocycles. The van der Waals surface area contributed by atoms with Gasteiger partial charge in [0.05, 0.1) is 16.9 Å². The molecule has 2 aromatic rings. The largest absolute Gasteiger partial charge is 0.478 e. The molecule has 0 aliphatic rings.